The second-order valence-corrected chi connectivity index (χ2v) is 6.41. The van der Waals surface area contributed by atoms with Crippen molar-refractivity contribution < 1.29 is 23.9 Å². The van der Waals surface area contributed by atoms with E-state index in [-0.39, 0.29) is 11.1 Å². The molecule has 0 fully saturated rings. The van der Waals surface area contributed by atoms with Gasteiger partial charge in [0.1, 0.15) is 6.04 Å². The van der Waals surface area contributed by atoms with Gasteiger partial charge in [0.05, 0.1) is 11.1 Å². The van der Waals surface area contributed by atoms with Gasteiger partial charge in [0, 0.05) is 5.69 Å². The van der Waals surface area contributed by atoms with E-state index in [1.54, 1.807) is 24.3 Å². The molecule has 144 valence electrons. The molecule has 0 unspecified atom stereocenters. The third kappa shape index (κ3) is 3.78. The van der Waals surface area contributed by atoms with Crippen molar-refractivity contribution in [2.45, 2.75) is 26.3 Å². The van der Waals surface area contributed by atoms with Crippen molar-refractivity contribution in [3.05, 3.63) is 65.2 Å². The van der Waals surface area contributed by atoms with Crippen LogP contribution in [0.3, 0.4) is 0 Å². The Balaban J connectivity index is 1.56. The van der Waals surface area contributed by atoms with E-state index in [9.17, 15) is 19.2 Å². The van der Waals surface area contributed by atoms with Gasteiger partial charge in [0.15, 0.2) is 6.61 Å². The van der Waals surface area contributed by atoms with E-state index in [2.05, 4.69) is 5.32 Å². The van der Waals surface area contributed by atoms with Crippen molar-refractivity contribution in [3.8, 4) is 0 Å². The molecule has 0 bridgehead atoms. The molecule has 0 radical (unpaired) electrons. The summed E-state index contributed by atoms with van der Waals surface area (Å²) in [5.41, 5.74) is 2.23. The summed E-state index contributed by atoms with van der Waals surface area (Å²) in [6, 6.07) is 12.5. The Morgan fingerprint density at radius 3 is 2.11 bits per heavy atom. The first-order valence-electron chi connectivity index (χ1n) is 8.94. The molecular weight excluding hydrogens is 360 g/mol. The van der Waals surface area contributed by atoms with Crippen molar-refractivity contribution in [2.24, 2.45) is 0 Å². The number of carbonyl (C=O) groups is 4. The van der Waals surface area contributed by atoms with Gasteiger partial charge in [0.25, 0.3) is 17.7 Å². The number of anilines is 1. The van der Waals surface area contributed by atoms with Crippen molar-refractivity contribution >= 4 is 29.4 Å². The molecule has 0 aliphatic carbocycles. The molecule has 28 heavy (non-hydrogen) atoms. The van der Waals surface area contributed by atoms with E-state index in [1.807, 2.05) is 19.1 Å². The Bertz CT molecular complexity index is 901. The number of aryl methyl sites for hydroxylation is 1. The van der Waals surface area contributed by atoms with Gasteiger partial charge < -0.3 is 10.1 Å². The lowest BCUT2D eigenvalue weighted by atomic mass is 10.1. The topological polar surface area (TPSA) is 92.8 Å². The van der Waals surface area contributed by atoms with Crippen LogP contribution in [0.5, 0.6) is 0 Å². The molecule has 1 atom stereocenters. The summed E-state index contributed by atoms with van der Waals surface area (Å²) in [6.07, 6.45) is 0.890. The number of hydrogen-bond donors (Lipinski definition) is 1. The number of esters is 1. The molecule has 1 aliphatic heterocycles. The lowest BCUT2D eigenvalue weighted by Gasteiger charge is -2.20. The van der Waals surface area contributed by atoms with Crippen molar-refractivity contribution in [1.29, 1.82) is 0 Å². The summed E-state index contributed by atoms with van der Waals surface area (Å²) in [6.45, 7) is 2.91. The van der Waals surface area contributed by atoms with Gasteiger partial charge in [0.2, 0.25) is 0 Å². The van der Waals surface area contributed by atoms with E-state index in [4.69, 9.17) is 4.74 Å². The summed E-state index contributed by atoms with van der Waals surface area (Å²) < 4.78 is 4.99. The Morgan fingerprint density at radius 2 is 1.57 bits per heavy atom. The number of fused-ring (bicyclic) bond motifs is 1. The zero-order valence-corrected chi connectivity index (χ0v) is 15.6. The van der Waals surface area contributed by atoms with E-state index < -0.39 is 36.3 Å². The normalized spacial score (nSPS) is 13.9. The van der Waals surface area contributed by atoms with Gasteiger partial charge in [-0.2, -0.15) is 0 Å². The molecule has 0 aromatic heterocycles. The standard InChI is InChI=1S/C21H20N2O5/c1-3-14-8-10-15(11-9-14)22-18(24)12-28-21(27)13(2)23-19(25)16-6-4-5-7-17(16)20(23)26/h4-11,13H,3,12H2,1-2H3,(H,22,24)/t13-/m0/s1. The van der Waals surface area contributed by atoms with Gasteiger partial charge in [-0.15, -0.1) is 0 Å². The minimum atomic E-state index is -1.14. The Hall–Kier alpha value is -3.48. The van der Waals surface area contributed by atoms with Gasteiger partial charge in [-0.05, 0) is 43.2 Å². The summed E-state index contributed by atoms with van der Waals surface area (Å²) in [5.74, 6) is -2.44. The maximum atomic E-state index is 12.4. The van der Waals surface area contributed by atoms with Crippen LogP contribution in [-0.2, 0) is 20.7 Å². The highest BCUT2D eigenvalue weighted by Gasteiger charge is 2.41. The summed E-state index contributed by atoms with van der Waals surface area (Å²) >= 11 is 0. The molecule has 0 saturated heterocycles. The van der Waals surface area contributed by atoms with Crippen LogP contribution in [0.2, 0.25) is 0 Å². The Kier molecular flexibility index (Phi) is 5.54. The average molecular weight is 380 g/mol. The predicted molar refractivity (Wildman–Crippen MR) is 102 cm³/mol. The minimum absolute atomic E-state index is 0.250. The fourth-order valence-corrected chi connectivity index (χ4v) is 2.94. The zero-order chi connectivity index (χ0) is 20.3. The number of rotatable bonds is 6. The zero-order valence-electron chi connectivity index (χ0n) is 15.6. The smallest absolute Gasteiger partial charge is 0.329 e. The highest BCUT2D eigenvalue weighted by Crippen LogP contribution is 2.24. The number of ether oxygens (including phenoxy) is 1. The molecule has 1 N–H and O–H groups in total. The third-order valence-electron chi connectivity index (χ3n) is 4.55. The highest BCUT2D eigenvalue weighted by atomic mass is 16.5. The maximum Gasteiger partial charge on any atom is 0.329 e. The van der Waals surface area contributed by atoms with E-state index in [1.165, 1.54) is 19.1 Å². The van der Waals surface area contributed by atoms with Crippen LogP contribution < -0.4 is 5.32 Å². The molecule has 0 saturated carbocycles. The third-order valence-corrected chi connectivity index (χ3v) is 4.55. The number of benzene rings is 2. The van der Waals surface area contributed by atoms with Crippen molar-refractivity contribution in [1.82, 2.24) is 4.90 Å². The molecule has 2 aromatic rings. The largest absolute Gasteiger partial charge is 0.454 e. The van der Waals surface area contributed by atoms with Crippen LogP contribution in [0.1, 0.15) is 40.1 Å². The molecule has 0 spiro atoms. The summed E-state index contributed by atoms with van der Waals surface area (Å²) in [4.78, 5) is 49.9. The van der Waals surface area contributed by atoms with Crippen LogP contribution in [0.4, 0.5) is 5.69 Å². The number of carbonyl (C=O) groups excluding carboxylic acids is 4. The minimum Gasteiger partial charge on any atom is -0.454 e. The van der Waals surface area contributed by atoms with E-state index in [0.717, 1.165) is 16.9 Å². The van der Waals surface area contributed by atoms with Crippen molar-refractivity contribution in [3.63, 3.8) is 0 Å². The molecule has 3 rings (SSSR count). The van der Waals surface area contributed by atoms with Crippen LogP contribution in [0, 0.1) is 0 Å². The van der Waals surface area contributed by atoms with Crippen LogP contribution in [-0.4, -0.2) is 41.2 Å². The predicted octanol–water partition coefficient (Wildman–Crippen LogP) is 2.42. The van der Waals surface area contributed by atoms with Crippen LogP contribution >= 0.6 is 0 Å². The number of imide groups is 1. The molecule has 2 aromatic carbocycles. The first kappa shape index (κ1) is 19.3. The van der Waals surface area contributed by atoms with Gasteiger partial charge >= 0.3 is 5.97 Å². The summed E-state index contributed by atoms with van der Waals surface area (Å²) in [7, 11) is 0. The van der Waals surface area contributed by atoms with Gasteiger partial charge in [-0.25, -0.2) is 4.79 Å². The van der Waals surface area contributed by atoms with Crippen molar-refractivity contribution in [2.75, 3.05) is 11.9 Å². The quantitative estimate of drug-likeness (QED) is 0.614. The summed E-state index contributed by atoms with van der Waals surface area (Å²) in [5, 5.41) is 2.63. The SMILES string of the molecule is CCc1ccc(NC(=O)COC(=O)[C@H](C)N2C(=O)c3ccccc3C2=O)cc1. The van der Waals surface area contributed by atoms with E-state index >= 15 is 0 Å². The molecule has 7 nitrogen and oxygen atoms in total. The Labute approximate surface area is 162 Å². The molecule has 1 heterocycles. The maximum absolute atomic E-state index is 12.4. The lowest BCUT2D eigenvalue weighted by Crippen LogP contribution is -2.44. The number of nitrogens with one attached hydrogen (secondary N) is 1. The lowest BCUT2D eigenvalue weighted by molar-refractivity contribution is -0.150. The highest BCUT2D eigenvalue weighted by molar-refractivity contribution is 6.22. The number of nitrogens with zero attached hydrogens (tertiary/aromatic N) is 1. The van der Waals surface area contributed by atoms with Crippen LogP contribution in [0.15, 0.2) is 48.5 Å². The molecule has 3 amide bonds. The molecule has 7 heteroatoms. The number of hydrogen-bond acceptors (Lipinski definition) is 5. The van der Waals surface area contributed by atoms with Gasteiger partial charge in [-0.3, -0.25) is 19.3 Å². The fourth-order valence-electron chi connectivity index (χ4n) is 2.94. The Morgan fingerprint density at radius 1 is 1.00 bits per heavy atom. The number of amides is 3. The molecular formula is C21H20N2O5. The first-order chi connectivity index (χ1) is 13.4. The monoisotopic (exact) mass is 380 g/mol. The first-order valence-corrected chi connectivity index (χ1v) is 8.94. The fraction of sp³-hybridized carbons (Fsp3) is 0.238. The van der Waals surface area contributed by atoms with Crippen LogP contribution in [0.25, 0.3) is 0 Å². The van der Waals surface area contributed by atoms with Gasteiger partial charge in [-0.1, -0.05) is 31.2 Å². The van der Waals surface area contributed by atoms with E-state index in [0.29, 0.717) is 5.69 Å². The second kappa shape index (κ2) is 8.04. The average Bonchev–Trinajstić information content (AvgIpc) is 2.97. The molecule has 1 aliphatic rings. The second-order valence-electron chi connectivity index (χ2n) is 6.41.